The maximum Gasteiger partial charge on any atom is 0.573 e. The molecule has 2 atom stereocenters. The Labute approximate surface area is 187 Å². The fourth-order valence-electron chi connectivity index (χ4n) is 3.52. The van der Waals surface area contributed by atoms with E-state index in [4.69, 9.17) is 4.74 Å². The predicted octanol–water partition coefficient (Wildman–Crippen LogP) is 2.98. The largest absolute Gasteiger partial charge is 0.573 e. The fraction of sp³-hybridized carbons (Fsp3) is 0.476. The topological polar surface area (TPSA) is 96.8 Å². The van der Waals surface area contributed by atoms with Crippen molar-refractivity contribution in [3.05, 3.63) is 47.7 Å². The molecule has 1 fully saturated rings. The third-order valence-corrected chi connectivity index (χ3v) is 5.15. The maximum absolute atomic E-state index is 14.2. The van der Waals surface area contributed by atoms with Gasteiger partial charge in [0.25, 0.3) is 5.91 Å². The molecule has 180 valence electrons. The van der Waals surface area contributed by atoms with Crippen LogP contribution in [0.1, 0.15) is 42.4 Å². The van der Waals surface area contributed by atoms with Crippen molar-refractivity contribution in [3.8, 4) is 5.75 Å². The first-order valence-corrected chi connectivity index (χ1v) is 10.1. The second kappa shape index (κ2) is 9.48. The van der Waals surface area contributed by atoms with Gasteiger partial charge in [-0.25, -0.2) is 9.37 Å². The SMILES string of the molecule is COC1CCN(c2cncc(C(=O)NC(c3ccc(OC(F)(F)F)c(F)c3)C(C)(C)O)n2)C1. The minimum atomic E-state index is -5.06. The second-order valence-electron chi connectivity index (χ2n) is 8.15. The summed E-state index contributed by atoms with van der Waals surface area (Å²) >= 11 is 0. The number of benzene rings is 1. The number of rotatable bonds is 7. The van der Waals surface area contributed by atoms with Gasteiger partial charge in [-0.3, -0.25) is 9.78 Å². The number of carbonyl (C=O) groups excluding carboxylic acids is 1. The first kappa shape index (κ1) is 24.6. The average Bonchev–Trinajstić information content (AvgIpc) is 3.21. The van der Waals surface area contributed by atoms with Crippen LogP contribution in [-0.2, 0) is 4.74 Å². The third-order valence-electron chi connectivity index (χ3n) is 5.15. The summed E-state index contributed by atoms with van der Waals surface area (Å²) in [5.41, 5.74) is -1.60. The van der Waals surface area contributed by atoms with Crippen molar-refractivity contribution >= 4 is 11.7 Å². The minimum Gasteiger partial charge on any atom is -0.403 e. The van der Waals surface area contributed by atoms with E-state index in [1.807, 2.05) is 4.90 Å². The number of ether oxygens (including phenoxy) is 2. The van der Waals surface area contributed by atoms with Crippen LogP contribution in [0.15, 0.2) is 30.6 Å². The van der Waals surface area contributed by atoms with E-state index in [0.29, 0.717) is 18.9 Å². The molecule has 2 unspecified atom stereocenters. The van der Waals surface area contributed by atoms with Crippen LogP contribution in [0.4, 0.5) is 23.4 Å². The Bertz CT molecular complexity index is 997. The number of halogens is 4. The fourth-order valence-corrected chi connectivity index (χ4v) is 3.52. The van der Waals surface area contributed by atoms with Crippen LogP contribution in [0.25, 0.3) is 0 Å². The molecular formula is C21H24F4N4O4. The van der Waals surface area contributed by atoms with Crippen molar-refractivity contribution in [1.82, 2.24) is 15.3 Å². The lowest BCUT2D eigenvalue weighted by atomic mass is 9.91. The van der Waals surface area contributed by atoms with Crippen molar-refractivity contribution in [2.75, 3.05) is 25.1 Å². The summed E-state index contributed by atoms with van der Waals surface area (Å²) in [7, 11) is 1.62. The minimum absolute atomic E-state index is 0.0365. The number of hydrogen-bond donors (Lipinski definition) is 2. The lowest BCUT2D eigenvalue weighted by Crippen LogP contribution is -2.42. The van der Waals surface area contributed by atoms with Gasteiger partial charge in [-0.2, -0.15) is 0 Å². The third kappa shape index (κ3) is 6.29. The molecule has 0 aliphatic carbocycles. The van der Waals surface area contributed by atoms with E-state index in [0.717, 1.165) is 24.6 Å². The Morgan fingerprint density at radius 1 is 1.30 bits per heavy atom. The molecule has 0 radical (unpaired) electrons. The highest BCUT2D eigenvalue weighted by Gasteiger charge is 2.34. The lowest BCUT2D eigenvalue weighted by molar-refractivity contribution is -0.275. The van der Waals surface area contributed by atoms with Crippen LogP contribution in [-0.4, -0.2) is 59.2 Å². The zero-order valence-electron chi connectivity index (χ0n) is 18.2. The highest BCUT2D eigenvalue weighted by atomic mass is 19.4. The molecule has 1 aliphatic heterocycles. The van der Waals surface area contributed by atoms with E-state index >= 15 is 0 Å². The van der Waals surface area contributed by atoms with Gasteiger partial charge in [0, 0.05) is 20.2 Å². The van der Waals surface area contributed by atoms with Gasteiger partial charge in [-0.05, 0) is 38.0 Å². The van der Waals surface area contributed by atoms with Gasteiger partial charge in [-0.15, -0.1) is 13.2 Å². The summed E-state index contributed by atoms with van der Waals surface area (Å²) in [5, 5.41) is 13.1. The highest BCUT2D eigenvalue weighted by molar-refractivity contribution is 5.92. The highest BCUT2D eigenvalue weighted by Crippen LogP contribution is 2.31. The molecular weight excluding hydrogens is 448 g/mol. The van der Waals surface area contributed by atoms with Crippen LogP contribution in [0, 0.1) is 5.82 Å². The Hall–Kier alpha value is -2.99. The Kier molecular flexibility index (Phi) is 7.08. The van der Waals surface area contributed by atoms with Gasteiger partial charge in [-0.1, -0.05) is 6.07 Å². The van der Waals surface area contributed by atoms with Gasteiger partial charge in [0.2, 0.25) is 0 Å². The Morgan fingerprint density at radius 2 is 2.03 bits per heavy atom. The van der Waals surface area contributed by atoms with Crippen molar-refractivity contribution < 1.29 is 36.9 Å². The van der Waals surface area contributed by atoms with Gasteiger partial charge in [0.15, 0.2) is 11.6 Å². The molecule has 1 amide bonds. The number of methoxy groups -OCH3 is 1. The molecule has 1 saturated heterocycles. The molecule has 2 aromatic rings. The monoisotopic (exact) mass is 472 g/mol. The number of anilines is 1. The summed E-state index contributed by atoms with van der Waals surface area (Å²) in [4.78, 5) is 23.2. The zero-order valence-corrected chi connectivity index (χ0v) is 18.2. The molecule has 8 nitrogen and oxygen atoms in total. The average molecular weight is 472 g/mol. The maximum atomic E-state index is 14.2. The number of aliphatic hydroxyl groups is 1. The Morgan fingerprint density at radius 3 is 2.61 bits per heavy atom. The summed E-state index contributed by atoms with van der Waals surface area (Å²) in [6.45, 7) is 4.00. The lowest BCUT2D eigenvalue weighted by Gasteiger charge is -2.30. The van der Waals surface area contributed by atoms with E-state index in [9.17, 15) is 27.5 Å². The van der Waals surface area contributed by atoms with Crippen LogP contribution in [0.5, 0.6) is 5.75 Å². The van der Waals surface area contributed by atoms with Crippen LogP contribution < -0.4 is 15.0 Å². The Balaban J connectivity index is 1.81. The van der Waals surface area contributed by atoms with Gasteiger partial charge >= 0.3 is 6.36 Å². The first-order valence-electron chi connectivity index (χ1n) is 10.1. The second-order valence-corrected chi connectivity index (χ2v) is 8.15. The number of alkyl halides is 3. The van der Waals surface area contributed by atoms with Crippen molar-refractivity contribution in [2.24, 2.45) is 0 Å². The molecule has 0 saturated carbocycles. The number of nitrogens with zero attached hydrogens (tertiary/aromatic N) is 3. The number of aromatic nitrogens is 2. The molecule has 3 rings (SSSR count). The molecule has 12 heteroatoms. The van der Waals surface area contributed by atoms with Crippen LogP contribution in [0.2, 0.25) is 0 Å². The van der Waals surface area contributed by atoms with E-state index in [1.54, 1.807) is 7.11 Å². The smallest absolute Gasteiger partial charge is 0.403 e. The quantitative estimate of drug-likeness (QED) is 0.598. The zero-order chi connectivity index (χ0) is 24.4. The van der Waals surface area contributed by atoms with E-state index < -0.39 is 35.5 Å². The van der Waals surface area contributed by atoms with Gasteiger partial charge in [0.1, 0.15) is 11.5 Å². The standard InChI is InChI=1S/C21H24F4N4O4/c1-20(2,31)18(12-4-5-16(14(22)8-12)33-21(23,24)25)28-19(30)15-9-26-10-17(27-15)29-7-6-13(11-29)32-3/h4-5,8-10,13,18,31H,6-7,11H2,1-3H3,(H,28,30). The number of amides is 1. The molecule has 33 heavy (non-hydrogen) atoms. The molecule has 0 spiro atoms. The first-order chi connectivity index (χ1) is 15.4. The van der Waals surface area contributed by atoms with E-state index in [1.165, 1.54) is 26.2 Å². The molecule has 1 aromatic heterocycles. The summed E-state index contributed by atoms with van der Waals surface area (Å²) in [5.74, 6) is -2.54. The molecule has 0 bridgehead atoms. The molecule has 1 aromatic carbocycles. The van der Waals surface area contributed by atoms with Gasteiger partial charge < -0.3 is 24.8 Å². The van der Waals surface area contributed by atoms with Crippen LogP contribution >= 0.6 is 0 Å². The molecule has 2 N–H and O–H groups in total. The van der Waals surface area contributed by atoms with E-state index in [2.05, 4.69) is 20.0 Å². The number of carbonyl (C=O) groups is 1. The molecule has 1 aliphatic rings. The number of hydrogen-bond acceptors (Lipinski definition) is 7. The predicted molar refractivity (Wildman–Crippen MR) is 109 cm³/mol. The summed E-state index contributed by atoms with van der Waals surface area (Å²) in [6, 6.07) is 1.50. The van der Waals surface area contributed by atoms with Crippen molar-refractivity contribution in [1.29, 1.82) is 0 Å². The van der Waals surface area contributed by atoms with Crippen LogP contribution in [0.3, 0.4) is 0 Å². The molecule has 2 heterocycles. The summed E-state index contributed by atoms with van der Waals surface area (Å²) in [6.07, 6.45) is -1.46. The van der Waals surface area contributed by atoms with Gasteiger partial charge in [0.05, 0.1) is 30.1 Å². The number of nitrogens with one attached hydrogen (secondary N) is 1. The summed E-state index contributed by atoms with van der Waals surface area (Å²) < 4.78 is 60.4. The normalized spacial score (nSPS) is 17.7. The van der Waals surface area contributed by atoms with Crippen molar-refractivity contribution in [3.63, 3.8) is 0 Å². The van der Waals surface area contributed by atoms with E-state index in [-0.39, 0.29) is 17.4 Å². The van der Waals surface area contributed by atoms with Crippen molar-refractivity contribution in [2.45, 2.75) is 44.4 Å².